The van der Waals surface area contributed by atoms with Crippen molar-refractivity contribution in [2.24, 2.45) is 0 Å². The predicted molar refractivity (Wildman–Crippen MR) is 106 cm³/mol. The van der Waals surface area contributed by atoms with Gasteiger partial charge in [-0.3, -0.25) is 14.4 Å². The molecule has 1 spiro atoms. The molecule has 2 heterocycles. The lowest BCUT2D eigenvalue weighted by molar-refractivity contribution is -0.144. The first-order valence-corrected chi connectivity index (χ1v) is 9.28. The Morgan fingerprint density at radius 2 is 1.77 bits per heavy atom. The Labute approximate surface area is 172 Å². The normalized spacial score (nSPS) is 22.3. The summed E-state index contributed by atoms with van der Waals surface area (Å²) in [5, 5.41) is 11.1. The molecule has 4 rings (SSSR count). The molecule has 2 aromatic carbocycles. The average molecular weight is 410 g/mol. The van der Waals surface area contributed by atoms with E-state index in [4.69, 9.17) is 4.74 Å². The van der Waals surface area contributed by atoms with E-state index in [1.54, 1.807) is 31.3 Å². The fraction of sp³-hybridized carbons (Fsp3) is 0.227. The van der Waals surface area contributed by atoms with Crippen molar-refractivity contribution in [3.63, 3.8) is 0 Å². The zero-order valence-electron chi connectivity index (χ0n) is 16.4. The smallest absolute Gasteiger partial charge is 0.296 e. The summed E-state index contributed by atoms with van der Waals surface area (Å²) in [6, 6.07) is 11.6. The van der Waals surface area contributed by atoms with Gasteiger partial charge in [-0.05, 0) is 30.3 Å². The molecule has 1 atom stereocenters. The number of aliphatic hydroxyl groups is 1. The molecule has 154 valence electrons. The maximum Gasteiger partial charge on any atom is 0.296 e. The summed E-state index contributed by atoms with van der Waals surface area (Å²) in [7, 11) is 2.99. The van der Waals surface area contributed by atoms with Crippen LogP contribution in [0.2, 0.25) is 0 Å². The number of Topliss-reactive ketones (excluding diaryl/α,β-unsaturated/α-hetero) is 1. The number of para-hydroxylation sites is 1. The number of halogens is 1. The number of benzene rings is 2. The monoisotopic (exact) mass is 410 g/mol. The summed E-state index contributed by atoms with van der Waals surface area (Å²) in [4.78, 5) is 42.2. The Morgan fingerprint density at radius 1 is 1.10 bits per heavy atom. The highest BCUT2D eigenvalue weighted by atomic mass is 19.1. The van der Waals surface area contributed by atoms with Crippen LogP contribution in [0.3, 0.4) is 0 Å². The van der Waals surface area contributed by atoms with Crippen molar-refractivity contribution in [2.75, 3.05) is 32.2 Å². The maximum absolute atomic E-state index is 13.6. The summed E-state index contributed by atoms with van der Waals surface area (Å²) >= 11 is 0. The van der Waals surface area contributed by atoms with Crippen LogP contribution in [0, 0.1) is 5.82 Å². The number of ketones is 1. The van der Waals surface area contributed by atoms with E-state index in [9.17, 15) is 23.9 Å². The van der Waals surface area contributed by atoms with Crippen molar-refractivity contribution >= 4 is 29.0 Å². The van der Waals surface area contributed by atoms with Crippen LogP contribution in [0.4, 0.5) is 10.1 Å². The van der Waals surface area contributed by atoms with E-state index in [0.29, 0.717) is 11.3 Å². The van der Waals surface area contributed by atoms with Crippen LogP contribution >= 0.6 is 0 Å². The van der Waals surface area contributed by atoms with Crippen molar-refractivity contribution < 1.29 is 28.6 Å². The number of carbonyl (C=O) groups is 3. The molecule has 7 nitrogen and oxygen atoms in total. The predicted octanol–water partition coefficient (Wildman–Crippen LogP) is 2.02. The van der Waals surface area contributed by atoms with Crippen LogP contribution in [-0.4, -0.2) is 54.9 Å². The SMILES string of the molecule is COCCN1C(=O)C(=O)/C(=C(/O)c2ccc(F)cc2)C12C(=O)N(C)c1ccccc12. The van der Waals surface area contributed by atoms with Crippen LogP contribution in [0.5, 0.6) is 0 Å². The zero-order chi connectivity index (χ0) is 21.6. The van der Waals surface area contributed by atoms with E-state index in [1.807, 2.05) is 0 Å². The number of anilines is 1. The third-order valence-electron chi connectivity index (χ3n) is 5.58. The van der Waals surface area contributed by atoms with Gasteiger partial charge in [-0.1, -0.05) is 18.2 Å². The second-order valence-electron chi connectivity index (χ2n) is 7.10. The van der Waals surface area contributed by atoms with Gasteiger partial charge < -0.3 is 19.6 Å². The number of nitrogens with zero attached hydrogens (tertiary/aromatic N) is 2. The topological polar surface area (TPSA) is 87.1 Å². The Balaban J connectivity index is 2.05. The van der Waals surface area contributed by atoms with Crippen LogP contribution in [0.15, 0.2) is 54.1 Å². The van der Waals surface area contributed by atoms with Gasteiger partial charge >= 0.3 is 0 Å². The summed E-state index contributed by atoms with van der Waals surface area (Å²) in [5.41, 5.74) is -1.10. The average Bonchev–Trinajstić information content (AvgIpc) is 3.11. The van der Waals surface area contributed by atoms with Crippen molar-refractivity contribution in [3.8, 4) is 0 Å². The minimum absolute atomic E-state index is 0.0326. The molecular weight excluding hydrogens is 391 g/mol. The highest BCUT2D eigenvalue weighted by Gasteiger charge is 2.66. The minimum atomic E-state index is -1.82. The first kappa shape index (κ1) is 19.8. The number of hydrogen-bond donors (Lipinski definition) is 1. The van der Waals surface area contributed by atoms with Crippen molar-refractivity contribution in [2.45, 2.75) is 5.54 Å². The number of fused-ring (bicyclic) bond motifs is 2. The number of amides is 2. The van der Waals surface area contributed by atoms with Gasteiger partial charge in [0.1, 0.15) is 11.6 Å². The fourth-order valence-corrected chi connectivity index (χ4v) is 4.21. The third-order valence-corrected chi connectivity index (χ3v) is 5.58. The lowest BCUT2D eigenvalue weighted by atomic mass is 9.82. The summed E-state index contributed by atoms with van der Waals surface area (Å²) in [6.45, 7) is 0.0553. The van der Waals surface area contributed by atoms with E-state index in [-0.39, 0.29) is 24.3 Å². The van der Waals surface area contributed by atoms with E-state index in [0.717, 1.165) is 17.0 Å². The zero-order valence-corrected chi connectivity index (χ0v) is 16.4. The molecule has 2 amide bonds. The second kappa shape index (κ2) is 7.07. The first-order valence-electron chi connectivity index (χ1n) is 9.28. The lowest BCUT2D eigenvalue weighted by Crippen LogP contribution is -2.52. The maximum atomic E-state index is 13.6. The quantitative estimate of drug-likeness (QED) is 0.474. The molecule has 0 aromatic heterocycles. The van der Waals surface area contributed by atoms with Gasteiger partial charge in [0.15, 0.2) is 5.54 Å². The molecule has 8 heteroatoms. The van der Waals surface area contributed by atoms with Crippen molar-refractivity contribution in [1.82, 2.24) is 4.90 Å². The highest BCUT2D eigenvalue weighted by molar-refractivity contribution is 6.50. The number of likely N-dealkylation sites (tertiary alicyclic amines) is 1. The lowest BCUT2D eigenvalue weighted by Gasteiger charge is -2.34. The van der Waals surface area contributed by atoms with E-state index in [1.165, 1.54) is 24.1 Å². The molecule has 0 saturated carbocycles. The van der Waals surface area contributed by atoms with Gasteiger partial charge in [-0.2, -0.15) is 0 Å². The number of rotatable bonds is 4. The highest BCUT2D eigenvalue weighted by Crippen LogP contribution is 2.53. The number of carbonyl (C=O) groups excluding carboxylic acids is 3. The van der Waals surface area contributed by atoms with Gasteiger partial charge in [0.25, 0.3) is 17.6 Å². The van der Waals surface area contributed by atoms with Gasteiger partial charge in [0.2, 0.25) is 0 Å². The molecule has 0 aliphatic carbocycles. The Bertz CT molecular complexity index is 1090. The van der Waals surface area contributed by atoms with Crippen LogP contribution in [0.25, 0.3) is 5.76 Å². The molecule has 2 aromatic rings. The molecule has 2 aliphatic rings. The van der Waals surface area contributed by atoms with Crippen molar-refractivity contribution in [3.05, 3.63) is 71.0 Å². The summed E-state index contributed by atoms with van der Waals surface area (Å²) < 4.78 is 18.5. The molecule has 2 aliphatic heterocycles. The Kier molecular flexibility index (Phi) is 4.66. The molecule has 0 radical (unpaired) electrons. The molecule has 0 bridgehead atoms. The fourth-order valence-electron chi connectivity index (χ4n) is 4.21. The standard InChI is InChI=1S/C22H19FN2O5/c1-24-16-6-4-3-5-15(16)22(21(24)29)17(18(26)13-7-9-14(23)10-8-13)19(27)20(28)25(22)11-12-30-2/h3-10,26H,11-12H2,1-2H3/b18-17-. The summed E-state index contributed by atoms with van der Waals surface area (Å²) in [5.74, 6) is -3.49. The van der Waals surface area contributed by atoms with E-state index in [2.05, 4.69) is 0 Å². The Morgan fingerprint density at radius 3 is 2.43 bits per heavy atom. The number of methoxy groups -OCH3 is 1. The molecule has 1 unspecified atom stereocenters. The minimum Gasteiger partial charge on any atom is -0.507 e. The molecule has 1 saturated heterocycles. The van der Waals surface area contributed by atoms with Gasteiger partial charge in [-0.25, -0.2) is 4.39 Å². The molecule has 30 heavy (non-hydrogen) atoms. The third kappa shape index (κ3) is 2.50. The summed E-state index contributed by atoms with van der Waals surface area (Å²) in [6.07, 6.45) is 0. The number of aliphatic hydroxyl groups excluding tert-OH is 1. The second-order valence-corrected chi connectivity index (χ2v) is 7.10. The number of likely N-dealkylation sites (N-methyl/N-ethyl adjacent to an activating group) is 1. The van der Waals surface area contributed by atoms with Gasteiger partial charge in [0.05, 0.1) is 12.2 Å². The Hall–Kier alpha value is -3.52. The van der Waals surface area contributed by atoms with Crippen LogP contribution in [-0.2, 0) is 24.7 Å². The largest absolute Gasteiger partial charge is 0.507 e. The number of hydrogen-bond acceptors (Lipinski definition) is 5. The van der Waals surface area contributed by atoms with Gasteiger partial charge in [0, 0.05) is 37.5 Å². The van der Waals surface area contributed by atoms with Gasteiger partial charge in [-0.15, -0.1) is 0 Å². The van der Waals surface area contributed by atoms with Crippen LogP contribution in [0.1, 0.15) is 11.1 Å². The molecular formula is C22H19FN2O5. The number of ether oxygens (including phenoxy) is 1. The van der Waals surface area contributed by atoms with E-state index < -0.39 is 34.7 Å². The molecule has 1 fully saturated rings. The van der Waals surface area contributed by atoms with Crippen LogP contribution < -0.4 is 4.90 Å². The molecule has 1 N–H and O–H groups in total. The van der Waals surface area contributed by atoms with E-state index >= 15 is 0 Å². The first-order chi connectivity index (χ1) is 14.4. The van der Waals surface area contributed by atoms with Crippen molar-refractivity contribution in [1.29, 1.82) is 0 Å².